The largest absolute Gasteiger partial charge is 0.497 e. The van der Waals surface area contributed by atoms with E-state index in [1.54, 1.807) is 7.11 Å². The predicted octanol–water partition coefficient (Wildman–Crippen LogP) is 2.39. The van der Waals surface area contributed by atoms with E-state index in [1.807, 2.05) is 18.3 Å². The minimum atomic E-state index is 0.228. The Bertz CT molecular complexity index is 654. The number of ether oxygens (including phenoxy) is 1. The van der Waals surface area contributed by atoms with Gasteiger partial charge in [0.25, 0.3) is 0 Å². The minimum Gasteiger partial charge on any atom is -0.497 e. The van der Waals surface area contributed by atoms with E-state index in [1.165, 1.54) is 25.7 Å². The highest BCUT2D eigenvalue weighted by molar-refractivity contribution is 5.79. The Hall–Kier alpha value is -1.66. The molecule has 154 valence electrons. The zero-order valence-electron chi connectivity index (χ0n) is 17.2. The second-order valence-electron chi connectivity index (χ2n) is 8.56. The summed E-state index contributed by atoms with van der Waals surface area (Å²) in [5, 5.41) is 0. The van der Waals surface area contributed by atoms with Crippen LogP contribution in [0.3, 0.4) is 0 Å². The molecule has 1 aromatic heterocycles. The van der Waals surface area contributed by atoms with Gasteiger partial charge in [0.15, 0.2) is 0 Å². The van der Waals surface area contributed by atoms with Crippen LogP contribution < -0.4 is 4.74 Å². The third-order valence-electron chi connectivity index (χ3n) is 6.70. The van der Waals surface area contributed by atoms with Crippen molar-refractivity contribution in [2.75, 3.05) is 46.4 Å². The van der Waals surface area contributed by atoms with Gasteiger partial charge in [-0.1, -0.05) is 0 Å². The van der Waals surface area contributed by atoms with Crippen LogP contribution in [0.15, 0.2) is 18.3 Å². The first-order valence-corrected chi connectivity index (χ1v) is 11.0. The average Bonchev–Trinajstić information content (AvgIpc) is 3.29. The molecule has 0 bridgehead atoms. The number of amides is 1. The van der Waals surface area contributed by atoms with Crippen molar-refractivity contribution in [3.63, 3.8) is 0 Å². The molecule has 0 spiro atoms. The van der Waals surface area contributed by atoms with Gasteiger partial charge in [-0.25, -0.2) is 0 Å². The van der Waals surface area contributed by atoms with E-state index >= 15 is 0 Å². The zero-order valence-corrected chi connectivity index (χ0v) is 17.2. The summed E-state index contributed by atoms with van der Waals surface area (Å²) < 4.78 is 5.31. The normalized spacial score (nSPS) is 25.2. The van der Waals surface area contributed by atoms with Gasteiger partial charge in [0.05, 0.1) is 18.7 Å². The van der Waals surface area contributed by atoms with Crippen molar-refractivity contribution in [3.8, 4) is 5.75 Å². The molecule has 1 atom stereocenters. The summed E-state index contributed by atoms with van der Waals surface area (Å²) in [6.45, 7) is 7.18. The highest BCUT2D eigenvalue weighted by Gasteiger charge is 2.34. The Labute approximate surface area is 168 Å². The van der Waals surface area contributed by atoms with Crippen molar-refractivity contribution in [1.29, 1.82) is 0 Å². The molecule has 4 rings (SSSR count). The fourth-order valence-electron chi connectivity index (χ4n) is 5.08. The Morgan fingerprint density at radius 3 is 2.64 bits per heavy atom. The molecule has 3 aliphatic rings. The van der Waals surface area contributed by atoms with Crippen LogP contribution in [0.5, 0.6) is 5.75 Å². The number of carbonyl (C=O) groups is 1. The first-order chi connectivity index (χ1) is 13.7. The first-order valence-electron chi connectivity index (χ1n) is 11.0. The lowest BCUT2D eigenvalue weighted by molar-refractivity contribution is -0.136. The molecule has 0 N–H and O–H groups in total. The molecule has 3 saturated heterocycles. The van der Waals surface area contributed by atoms with Crippen LogP contribution in [0.25, 0.3) is 0 Å². The summed E-state index contributed by atoms with van der Waals surface area (Å²) in [7, 11) is 1.70. The lowest BCUT2D eigenvalue weighted by Crippen LogP contribution is -2.51. The van der Waals surface area contributed by atoms with Crippen LogP contribution >= 0.6 is 0 Å². The van der Waals surface area contributed by atoms with Crippen LogP contribution in [-0.4, -0.2) is 78.0 Å². The fraction of sp³-hybridized carbons (Fsp3) is 0.727. The summed E-state index contributed by atoms with van der Waals surface area (Å²) in [5.41, 5.74) is 1.08. The number of methoxy groups -OCH3 is 1. The van der Waals surface area contributed by atoms with Crippen LogP contribution in [-0.2, 0) is 11.3 Å². The van der Waals surface area contributed by atoms with Gasteiger partial charge in [-0.2, -0.15) is 0 Å². The van der Waals surface area contributed by atoms with Gasteiger partial charge in [-0.15, -0.1) is 0 Å². The number of piperidine rings is 2. The predicted molar refractivity (Wildman–Crippen MR) is 109 cm³/mol. The molecule has 3 aliphatic heterocycles. The van der Waals surface area contributed by atoms with E-state index in [4.69, 9.17) is 4.74 Å². The Kier molecular flexibility index (Phi) is 6.47. The number of rotatable bonds is 5. The topological polar surface area (TPSA) is 48.9 Å². The summed E-state index contributed by atoms with van der Waals surface area (Å²) >= 11 is 0. The molecule has 6 nitrogen and oxygen atoms in total. The Balaban J connectivity index is 1.26. The molecule has 3 fully saturated rings. The first kappa shape index (κ1) is 19.6. The third kappa shape index (κ3) is 4.66. The number of likely N-dealkylation sites (tertiary alicyclic amines) is 3. The number of carbonyl (C=O) groups excluding carboxylic acids is 1. The maximum atomic E-state index is 12.8. The van der Waals surface area contributed by atoms with Gasteiger partial charge in [0, 0.05) is 57.6 Å². The molecule has 1 unspecified atom stereocenters. The number of hydrogen-bond acceptors (Lipinski definition) is 5. The van der Waals surface area contributed by atoms with Crippen molar-refractivity contribution in [1.82, 2.24) is 19.7 Å². The number of hydrogen-bond donors (Lipinski definition) is 0. The highest BCUT2D eigenvalue weighted by atomic mass is 16.5. The molecule has 0 aromatic carbocycles. The molecule has 6 heteroatoms. The van der Waals surface area contributed by atoms with Crippen molar-refractivity contribution in [3.05, 3.63) is 24.0 Å². The van der Waals surface area contributed by atoms with Crippen molar-refractivity contribution in [2.45, 2.75) is 51.1 Å². The lowest BCUT2D eigenvalue weighted by atomic mass is 9.93. The summed E-state index contributed by atoms with van der Waals surface area (Å²) in [6, 6.07) is 4.56. The van der Waals surface area contributed by atoms with Gasteiger partial charge < -0.3 is 9.64 Å². The van der Waals surface area contributed by atoms with Gasteiger partial charge in [-0.05, 0) is 51.1 Å². The minimum absolute atomic E-state index is 0.228. The molecule has 1 amide bonds. The standard InChI is InChI=1S/C22H34N4O2/c1-28-21-6-9-23-19(15-21)17-24-13-7-20(8-14-24)26-12-4-5-18(16-26)22(27)25-10-2-3-11-25/h6,9,15,18,20H,2-5,7-8,10-14,16-17H2,1H3. The van der Waals surface area contributed by atoms with E-state index < -0.39 is 0 Å². The summed E-state index contributed by atoms with van der Waals surface area (Å²) in [6.07, 6.45) is 8.81. The lowest BCUT2D eigenvalue weighted by Gasteiger charge is -2.42. The van der Waals surface area contributed by atoms with Crippen LogP contribution in [0.4, 0.5) is 0 Å². The van der Waals surface area contributed by atoms with E-state index in [0.717, 1.165) is 70.1 Å². The number of nitrogens with zero attached hydrogens (tertiary/aromatic N) is 4. The summed E-state index contributed by atoms with van der Waals surface area (Å²) in [5.74, 6) is 1.52. The van der Waals surface area contributed by atoms with E-state index in [0.29, 0.717) is 11.9 Å². The van der Waals surface area contributed by atoms with Gasteiger partial charge in [-0.3, -0.25) is 19.6 Å². The van der Waals surface area contributed by atoms with Crippen molar-refractivity contribution < 1.29 is 9.53 Å². The molecule has 0 aliphatic carbocycles. The molecule has 28 heavy (non-hydrogen) atoms. The van der Waals surface area contributed by atoms with Crippen LogP contribution in [0.1, 0.15) is 44.2 Å². The molecule has 4 heterocycles. The smallest absolute Gasteiger partial charge is 0.226 e. The highest BCUT2D eigenvalue weighted by Crippen LogP contribution is 2.26. The maximum Gasteiger partial charge on any atom is 0.226 e. The van der Waals surface area contributed by atoms with Crippen molar-refractivity contribution in [2.24, 2.45) is 5.92 Å². The Morgan fingerprint density at radius 1 is 1.11 bits per heavy atom. The van der Waals surface area contributed by atoms with E-state index in [-0.39, 0.29) is 5.92 Å². The second-order valence-corrected chi connectivity index (χ2v) is 8.56. The SMILES string of the molecule is COc1ccnc(CN2CCC(N3CCCC(C(=O)N4CCCC4)C3)CC2)c1. The molecular weight excluding hydrogens is 352 g/mol. The second kappa shape index (κ2) is 9.23. The van der Waals surface area contributed by atoms with Crippen molar-refractivity contribution >= 4 is 5.91 Å². The van der Waals surface area contributed by atoms with E-state index in [9.17, 15) is 4.79 Å². The van der Waals surface area contributed by atoms with Gasteiger partial charge in [0.2, 0.25) is 5.91 Å². The van der Waals surface area contributed by atoms with E-state index in [2.05, 4.69) is 19.7 Å². The Morgan fingerprint density at radius 2 is 1.89 bits per heavy atom. The number of pyridine rings is 1. The van der Waals surface area contributed by atoms with Crippen LogP contribution in [0, 0.1) is 5.92 Å². The third-order valence-corrected chi connectivity index (χ3v) is 6.70. The molecule has 0 radical (unpaired) electrons. The monoisotopic (exact) mass is 386 g/mol. The fourth-order valence-corrected chi connectivity index (χ4v) is 5.08. The maximum absolute atomic E-state index is 12.8. The van der Waals surface area contributed by atoms with Gasteiger partial charge >= 0.3 is 0 Å². The molecular formula is C22H34N4O2. The van der Waals surface area contributed by atoms with Gasteiger partial charge in [0.1, 0.15) is 5.75 Å². The number of aromatic nitrogens is 1. The quantitative estimate of drug-likeness (QED) is 0.778. The van der Waals surface area contributed by atoms with Crippen LogP contribution in [0.2, 0.25) is 0 Å². The molecule has 1 aromatic rings. The zero-order chi connectivity index (χ0) is 19.3. The molecule has 0 saturated carbocycles. The average molecular weight is 387 g/mol. The summed E-state index contributed by atoms with van der Waals surface area (Å²) in [4.78, 5) is 24.5.